The molecule has 0 N–H and O–H groups in total. The average Bonchev–Trinajstić information content (AvgIpc) is 3.40. The SMILES string of the molecule is C=CC1=C(C=C)N(c2ccc(-n3nc4ccc5ccccc5c4n3)c3ccccc23)c2ccccc2S1. The topological polar surface area (TPSA) is 34.0 Å². The van der Waals surface area contributed by atoms with Crippen molar-refractivity contribution in [3.05, 3.63) is 133 Å². The second-order valence-electron chi connectivity index (χ2n) is 8.86. The van der Waals surface area contributed by atoms with Gasteiger partial charge in [-0.2, -0.15) is 0 Å². The van der Waals surface area contributed by atoms with Crippen LogP contribution in [0, 0.1) is 0 Å². The Bertz CT molecular complexity index is 1910. The van der Waals surface area contributed by atoms with Gasteiger partial charge in [-0.3, -0.25) is 0 Å². The van der Waals surface area contributed by atoms with Crippen molar-refractivity contribution in [2.24, 2.45) is 0 Å². The zero-order chi connectivity index (χ0) is 24.9. The zero-order valence-corrected chi connectivity index (χ0v) is 20.8. The molecule has 0 unspecified atom stereocenters. The molecule has 0 saturated heterocycles. The molecule has 0 saturated carbocycles. The molecule has 1 aliphatic heterocycles. The van der Waals surface area contributed by atoms with Crippen LogP contribution in [0.25, 0.3) is 38.3 Å². The van der Waals surface area contributed by atoms with Crippen molar-refractivity contribution in [1.29, 1.82) is 0 Å². The van der Waals surface area contributed by atoms with E-state index in [0.717, 1.165) is 60.2 Å². The van der Waals surface area contributed by atoms with Crippen LogP contribution in [-0.4, -0.2) is 15.0 Å². The molecule has 0 radical (unpaired) electrons. The number of benzene rings is 5. The summed E-state index contributed by atoms with van der Waals surface area (Å²) < 4.78 is 0. The van der Waals surface area contributed by atoms with Crippen molar-refractivity contribution in [3.63, 3.8) is 0 Å². The summed E-state index contributed by atoms with van der Waals surface area (Å²) in [5.74, 6) is 0. The molecular weight excluding hydrogens is 472 g/mol. The Kier molecular flexibility index (Phi) is 4.98. The minimum absolute atomic E-state index is 0.876. The van der Waals surface area contributed by atoms with Crippen molar-refractivity contribution in [3.8, 4) is 5.69 Å². The standard InChI is InChI=1S/C32H22N4S/c1-3-26-30(4-2)37-31-16-10-9-15-29(31)35(26)27-19-20-28(24-14-8-7-13-23(24)27)36-33-25-18-17-21-11-5-6-12-22(21)32(25)34-36/h3-20H,1-2H2. The smallest absolute Gasteiger partial charge is 0.121 e. The number of thioether (sulfide) groups is 1. The number of hydrogen-bond acceptors (Lipinski definition) is 4. The number of nitrogens with zero attached hydrogens (tertiary/aromatic N) is 4. The summed E-state index contributed by atoms with van der Waals surface area (Å²) in [5.41, 5.74) is 5.93. The molecule has 5 aromatic carbocycles. The Morgan fingerprint density at radius 3 is 2.14 bits per heavy atom. The second-order valence-corrected chi connectivity index (χ2v) is 9.94. The fourth-order valence-corrected chi connectivity index (χ4v) is 6.14. The summed E-state index contributed by atoms with van der Waals surface area (Å²) in [4.78, 5) is 6.31. The maximum absolute atomic E-state index is 4.95. The van der Waals surface area contributed by atoms with E-state index in [1.54, 1.807) is 16.6 Å². The minimum Gasteiger partial charge on any atom is -0.308 e. The Hall–Kier alpha value is -4.61. The second kappa shape index (κ2) is 8.50. The summed E-state index contributed by atoms with van der Waals surface area (Å²) in [5, 5.41) is 14.3. The number of para-hydroxylation sites is 1. The summed E-state index contributed by atoms with van der Waals surface area (Å²) in [6.45, 7) is 8.21. The third kappa shape index (κ3) is 3.32. The summed E-state index contributed by atoms with van der Waals surface area (Å²) in [6, 6.07) is 33.6. The lowest BCUT2D eigenvalue weighted by molar-refractivity contribution is 0.772. The largest absolute Gasteiger partial charge is 0.308 e. The monoisotopic (exact) mass is 494 g/mol. The normalized spacial score (nSPS) is 13.4. The van der Waals surface area contributed by atoms with Crippen LogP contribution in [0.3, 0.4) is 0 Å². The molecule has 7 rings (SSSR count). The molecule has 4 nitrogen and oxygen atoms in total. The van der Waals surface area contributed by atoms with Crippen molar-refractivity contribution >= 4 is 55.7 Å². The van der Waals surface area contributed by atoms with Crippen LogP contribution in [-0.2, 0) is 0 Å². The van der Waals surface area contributed by atoms with Crippen LogP contribution in [0.4, 0.5) is 11.4 Å². The van der Waals surface area contributed by atoms with Crippen LogP contribution in [0.15, 0.2) is 138 Å². The molecule has 2 heterocycles. The molecule has 0 aliphatic carbocycles. The predicted molar refractivity (Wildman–Crippen MR) is 156 cm³/mol. The Morgan fingerprint density at radius 1 is 0.622 bits per heavy atom. The molecule has 6 aromatic rings. The van der Waals surface area contributed by atoms with Crippen molar-refractivity contribution < 1.29 is 0 Å². The Balaban J connectivity index is 1.47. The molecule has 1 aromatic heterocycles. The third-order valence-corrected chi connectivity index (χ3v) is 7.97. The molecule has 176 valence electrons. The maximum atomic E-state index is 4.95. The summed E-state index contributed by atoms with van der Waals surface area (Å²) in [6.07, 6.45) is 3.82. The van der Waals surface area contributed by atoms with Gasteiger partial charge in [0.1, 0.15) is 11.0 Å². The molecule has 1 aliphatic rings. The van der Waals surface area contributed by atoms with E-state index in [0.29, 0.717) is 0 Å². The lowest BCUT2D eigenvalue weighted by Crippen LogP contribution is -2.20. The van der Waals surface area contributed by atoms with Gasteiger partial charge in [0.15, 0.2) is 0 Å². The van der Waals surface area contributed by atoms with Crippen LogP contribution < -0.4 is 4.90 Å². The van der Waals surface area contributed by atoms with E-state index >= 15 is 0 Å². The van der Waals surface area contributed by atoms with E-state index in [2.05, 4.69) is 96.9 Å². The number of hydrogen-bond donors (Lipinski definition) is 0. The average molecular weight is 495 g/mol. The highest BCUT2D eigenvalue weighted by Gasteiger charge is 2.26. The third-order valence-electron chi connectivity index (χ3n) is 6.81. The van der Waals surface area contributed by atoms with Gasteiger partial charge in [0, 0.05) is 26.0 Å². The summed E-state index contributed by atoms with van der Waals surface area (Å²) >= 11 is 1.72. The minimum atomic E-state index is 0.876. The van der Waals surface area contributed by atoms with E-state index in [9.17, 15) is 0 Å². The lowest BCUT2D eigenvalue weighted by atomic mass is 10.0. The molecule has 0 amide bonds. The van der Waals surface area contributed by atoms with Gasteiger partial charge in [0.05, 0.1) is 22.8 Å². The van der Waals surface area contributed by atoms with E-state index < -0.39 is 0 Å². The van der Waals surface area contributed by atoms with E-state index in [-0.39, 0.29) is 0 Å². The molecule has 37 heavy (non-hydrogen) atoms. The quantitative estimate of drug-likeness (QED) is 0.246. The number of allylic oxidation sites excluding steroid dienone is 2. The van der Waals surface area contributed by atoms with E-state index in [1.165, 1.54) is 4.90 Å². The van der Waals surface area contributed by atoms with Gasteiger partial charge in [-0.25, -0.2) is 0 Å². The predicted octanol–water partition coefficient (Wildman–Crippen LogP) is 8.55. The first-order chi connectivity index (χ1) is 18.3. The van der Waals surface area contributed by atoms with Gasteiger partial charge < -0.3 is 4.90 Å². The Morgan fingerprint density at radius 2 is 1.32 bits per heavy atom. The molecule has 0 spiro atoms. The Labute approximate surface area is 218 Å². The first kappa shape index (κ1) is 21.7. The highest BCUT2D eigenvalue weighted by molar-refractivity contribution is 8.03. The van der Waals surface area contributed by atoms with Gasteiger partial charge in [0.2, 0.25) is 0 Å². The van der Waals surface area contributed by atoms with Crippen LogP contribution in [0.1, 0.15) is 0 Å². The molecule has 0 fully saturated rings. The lowest BCUT2D eigenvalue weighted by Gasteiger charge is -2.34. The fourth-order valence-electron chi connectivity index (χ4n) is 5.13. The van der Waals surface area contributed by atoms with Crippen LogP contribution in [0.5, 0.6) is 0 Å². The number of aromatic nitrogens is 3. The van der Waals surface area contributed by atoms with Crippen LogP contribution >= 0.6 is 11.8 Å². The van der Waals surface area contributed by atoms with E-state index in [4.69, 9.17) is 10.2 Å². The maximum Gasteiger partial charge on any atom is 0.121 e. The van der Waals surface area contributed by atoms with Crippen molar-refractivity contribution in [2.75, 3.05) is 4.90 Å². The van der Waals surface area contributed by atoms with Gasteiger partial charge in [-0.05, 0) is 41.8 Å². The first-order valence-corrected chi connectivity index (χ1v) is 12.9. The van der Waals surface area contributed by atoms with Gasteiger partial charge in [-0.15, -0.1) is 15.0 Å². The fraction of sp³-hybridized carbons (Fsp3) is 0. The first-order valence-electron chi connectivity index (χ1n) is 12.1. The molecular formula is C32H22N4S. The molecule has 5 heteroatoms. The number of anilines is 2. The van der Waals surface area contributed by atoms with Crippen molar-refractivity contribution in [2.45, 2.75) is 4.90 Å². The van der Waals surface area contributed by atoms with Crippen LogP contribution in [0.2, 0.25) is 0 Å². The van der Waals surface area contributed by atoms with E-state index in [1.807, 2.05) is 30.4 Å². The van der Waals surface area contributed by atoms with Gasteiger partial charge in [0.25, 0.3) is 0 Å². The highest BCUT2D eigenvalue weighted by atomic mass is 32.2. The van der Waals surface area contributed by atoms with Crippen molar-refractivity contribution in [1.82, 2.24) is 15.0 Å². The summed E-state index contributed by atoms with van der Waals surface area (Å²) in [7, 11) is 0. The van der Waals surface area contributed by atoms with Gasteiger partial charge in [-0.1, -0.05) is 97.7 Å². The highest BCUT2D eigenvalue weighted by Crippen LogP contribution is 2.49. The molecule has 0 atom stereocenters. The number of fused-ring (bicyclic) bond motifs is 5. The zero-order valence-electron chi connectivity index (χ0n) is 20.0. The number of rotatable bonds is 4. The molecule has 0 bridgehead atoms. The van der Waals surface area contributed by atoms with Gasteiger partial charge >= 0.3 is 0 Å².